The van der Waals surface area contributed by atoms with E-state index in [9.17, 15) is 9.18 Å². The van der Waals surface area contributed by atoms with E-state index >= 15 is 0 Å². The number of halogens is 1. The highest BCUT2D eigenvalue weighted by atomic mass is 19.1. The molecule has 1 saturated heterocycles. The SMILES string of the molecule is COc1ccc(CC(C)C(=O)N2CCN(c3ccccc3F)CC2)cc1OC. The lowest BCUT2D eigenvalue weighted by atomic mass is 9.99. The van der Waals surface area contributed by atoms with Crippen LogP contribution in [0.4, 0.5) is 10.1 Å². The van der Waals surface area contributed by atoms with Crippen LogP contribution in [0.25, 0.3) is 0 Å². The second kappa shape index (κ2) is 8.95. The van der Waals surface area contributed by atoms with E-state index in [2.05, 4.69) is 0 Å². The maximum atomic E-state index is 14.0. The molecule has 1 heterocycles. The Bertz CT molecular complexity index is 819. The Hall–Kier alpha value is -2.76. The third kappa shape index (κ3) is 4.38. The molecule has 1 unspecified atom stereocenters. The summed E-state index contributed by atoms with van der Waals surface area (Å²) in [5.41, 5.74) is 1.64. The van der Waals surface area contributed by atoms with Crippen LogP contribution in [0.2, 0.25) is 0 Å². The third-order valence-electron chi connectivity index (χ3n) is 5.20. The maximum absolute atomic E-state index is 14.0. The lowest BCUT2D eigenvalue weighted by Gasteiger charge is -2.37. The molecule has 2 aromatic carbocycles. The van der Waals surface area contributed by atoms with Crippen molar-refractivity contribution < 1.29 is 18.7 Å². The molecule has 0 spiro atoms. The van der Waals surface area contributed by atoms with Crippen LogP contribution in [0.5, 0.6) is 11.5 Å². The Morgan fingerprint density at radius 3 is 2.36 bits per heavy atom. The van der Waals surface area contributed by atoms with Gasteiger partial charge in [-0.05, 0) is 36.2 Å². The highest BCUT2D eigenvalue weighted by molar-refractivity contribution is 5.79. The zero-order chi connectivity index (χ0) is 20.1. The summed E-state index contributed by atoms with van der Waals surface area (Å²) in [6.45, 7) is 4.42. The summed E-state index contributed by atoms with van der Waals surface area (Å²) in [6, 6.07) is 12.5. The van der Waals surface area contributed by atoms with Crippen LogP contribution < -0.4 is 14.4 Å². The zero-order valence-electron chi connectivity index (χ0n) is 16.7. The van der Waals surface area contributed by atoms with Crippen LogP contribution in [-0.4, -0.2) is 51.2 Å². The van der Waals surface area contributed by atoms with Crippen molar-refractivity contribution in [1.82, 2.24) is 4.90 Å². The van der Waals surface area contributed by atoms with E-state index in [1.807, 2.05) is 41.0 Å². The average molecular weight is 386 g/mol. The van der Waals surface area contributed by atoms with Crippen LogP contribution >= 0.6 is 0 Å². The molecule has 1 amide bonds. The second-order valence-corrected chi connectivity index (χ2v) is 7.06. The highest BCUT2D eigenvalue weighted by Gasteiger charge is 2.26. The largest absolute Gasteiger partial charge is 0.493 e. The van der Waals surface area contributed by atoms with Crippen LogP contribution in [0.1, 0.15) is 12.5 Å². The summed E-state index contributed by atoms with van der Waals surface area (Å²) in [4.78, 5) is 16.7. The molecular formula is C22H27FN2O3. The van der Waals surface area contributed by atoms with E-state index in [4.69, 9.17) is 9.47 Å². The number of ether oxygens (including phenoxy) is 2. The van der Waals surface area contributed by atoms with Gasteiger partial charge in [0.15, 0.2) is 11.5 Å². The number of methoxy groups -OCH3 is 2. The van der Waals surface area contributed by atoms with Gasteiger partial charge in [-0.15, -0.1) is 0 Å². The number of amides is 1. The maximum Gasteiger partial charge on any atom is 0.225 e. The molecule has 0 radical (unpaired) electrons. The molecule has 1 fully saturated rings. The van der Waals surface area contributed by atoms with E-state index < -0.39 is 0 Å². The molecule has 28 heavy (non-hydrogen) atoms. The number of piperazine rings is 1. The molecule has 0 aliphatic carbocycles. The summed E-state index contributed by atoms with van der Waals surface area (Å²) >= 11 is 0. The van der Waals surface area contributed by atoms with Crippen LogP contribution in [0.15, 0.2) is 42.5 Å². The average Bonchev–Trinajstić information content (AvgIpc) is 2.73. The Labute approximate surface area is 165 Å². The Kier molecular flexibility index (Phi) is 6.39. The van der Waals surface area contributed by atoms with Crippen LogP contribution in [-0.2, 0) is 11.2 Å². The van der Waals surface area contributed by atoms with Gasteiger partial charge in [0.2, 0.25) is 5.91 Å². The fraction of sp³-hybridized carbons (Fsp3) is 0.409. The number of anilines is 1. The van der Waals surface area contributed by atoms with Crippen LogP contribution in [0, 0.1) is 11.7 Å². The monoisotopic (exact) mass is 386 g/mol. The van der Waals surface area contributed by atoms with Crippen molar-refractivity contribution in [1.29, 1.82) is 0 Å². The molecule has 1 aliphatic heterocycles. The summed E-state index contributed by atoms with van der Waals surface area (Å²) in [5, 5.41) is 0. The molecule has 6 heteroatoms. The van der Waals surface area contributed by atoms with Crippen LogP contribution in [0.3, 0.4) is 0 Å². The molecule has 0 saturated carbocycles. The second-order valence-electron chi connectivity index (χ2n) is 7.06. The zero-order valence-corrected chi connectivity index (χ0v) is 16.7. The lowest BCUT2D eigenvalue weighted by Crippen LogP contribution is -2.50. The highest BCUT2D eigenvalue weighted by Crippen LogP contribution is 2.29. The molecule has 2 aromatic rings. The van der Waals surface area contributed by atoms with E-state index in [0.717, 1.165) is 5.56 Å². The van der Waals surface area contributed by atoms with Gasteiger partial charge in [0.25, 0.3) is 0 Å². The molecule has 1 aliphatic rings. The molecule has 5 nitrogen and oxygen atoms in total. The Morgan fingerprint density at radius 1 is 1.04 bits per heavy atom. The normalized spacial score (nSPS) is 15.3. The van der Waals surface area contributed by atoms with Gasteiger partial charge >= 0.3 is 0 Å². The summed E-state index contributed by atoms with van der Waals surface area (Å²) < 4.78 is 24.6. The van der Waals surface area contributed by atoms with E-state index in [-0.39, 0.29) is 17.6 Å². The topological polar surface area (TPSA) is 42.0 Å². The van der Waals surface area contributed by atoms with Gasteiger partial charge in [0, 0.05) is 32.1 Å². The first-order chi connectivity index (χ1) is 13.5. The number of hydrogen-bond donors (Lipinski definition) is 0. The van der Waals surface area contributed by atoms with Crippen molar-refractivity contribution in [3.63, 3.8) is 0 Å². The van der Waals surface area contributed by atoms with E-state index in [1.54, 1.807) is 26.4 Å². The number of para-hydroxylation sites is 1. The third-order valence-corrected chi connectivity index (χ3v) is 5.20. The molecule has 1 atom stereocenters. The molecule has 150 valence electrons. The van der Waals surface area contributed by atoms with Gasteiger partial charge in [-0.2, -0.15) is 0 Å². The van der Waals surface area contributed by atoms with Gasteiger partial charge in [-0.1, -0.05) is 25.1 Å². The van der Waals surface area contributed by atoms with Gasteiger partial charge in [0.1, 0.15) is 5.82 Å². The first-order valence-corrected chi connectivity index (χ1v) is 9.52. The minimum Gasteiger partial charge on any atom is -0.493 e. The first kappa shape index (κ1) is 20.0. The minimum absolute atomic E-state index is 0.128. The minimum atomic E-state index is -0.218. The van der Waals surface area contributed by atoms with Gasteiger partial charge in [-0.3, -0.25) is 4.79 Å². The lowest BCUT2D eigenvalue weighted by molar-refractivity contribution is -0.135. The Morgan fingerprint density at radius 2 is 1.71 bits per heavy atom. The fourth-order valence-electron chi connectivity index (χ4n) is 3.64. The van der Waals surface area contributed by atoms with E-state index in [0.29, 0.717) is 49.8 Å². The van der Waals surface area contributed by atoms with Crippen molar-refractivity contribution >= 4 is 11.6 Å². The number of carbonyl (C=O) groups is 1. The van der Waals surface area contributed by atoms with Crippen molar-refractivity contribution in [3.8, 4) is 11.5 Å². The van der Waals surface area contributed by atoms with Gasteiger partial charge in [0.05, 0.1) is 19.9 Å². The predicted octanol–water partition coefficient (Wildman–Crippen LogP) is 3.37. The van der Waals surface area contributed by atoms with E-state index in [1.165, 1.54) is 6.07 Å². The smallest absolute Gasteiger partial charge is 0.225 e. The molecule has 0 bridgehead atoms. The van der Waals surface area contributed by atoms with Crippen molar-refractivity contribution in [2.24, 2.45) is 5.92 Å². The van der Waals surface area contributed by atoms with Crippen molar-refractivity contribution in [2.75, 3.05) is 45.3 Å². The Balaban J connectivity index is 1.58. The molecular weight excluding hydrogens is 359 g/mol. The van der Waals surface area contributed by atoms with Crippen molar-refractivity contribution in [2.45, 2.75) is 13.3 Å². The summed E-state index contributed by atoms with van der Waals surface area (Å²) in [7, 11) is 3.20. The molecule has 3 rings (SSSR count). The predicted molar refractivity (Wildman–Crippen MR) is 108 cm³/mol. The first-order valence-electron chi connectivity index (χ1n) is 9.52. The fourth-order valence-corrected chi connectivity index (χ4v) is 3.64. The van der Waals surface area contributed by atoms with Gasteiger partial charge in [-0.25, -0.2) is 4.39 Å². The number of nitrogens with zero attached hydrogens (tertiary/aromatic N) is 2. The quantitative estimate of drug-likeness (QED) is 0.763. The number of hydrogen-bond acceptors (Lipinski definition) is 4. The number of rotatable bonds is 6. The summed E-state index contributed by atoms with van der Waals surface area (Å²) in [6.07, 6.45) is 0.632. The molecule has 0 N–H and O–H groups in total. The molecule has 0 aromatic heterocycles. The van der Waals surface area contributed by atoms with Crippen molar-refractivity contribution in [3.05, 3.63) is 53.8 Å². The number of carbonyl (C=O) groups excluding carboxylic acids is 1. The number of benzene rings is 2. The summed E-state index contributed by atoms with van der Waals surface area (Å²) in [5.74, 6) is 1.11. The van der Waals surface area contributed by atoms with Gasteiger partial charge < -0.3 is 19.3 Å². The standard InChI is InChI=1S/C22H27FN2O3/c1-16(14-17-8-9-20(27-2)21(15-17)28-3)22(26)25-12-10-24(11-13-25)19-7-5-4-6-18(19)23/h4-9,15-16H,10-14H2,1-3H3.